The molecule has 0 aromatic carbocycles. The van der Waals surface area contributed by atoms with Crippen LogP contribution in [0.15, 0.2) is 0 Å². The van der Waals surface area contributed by atoms with Crippen LogP contribution in [0.5, 0.6) is 0 Å². The Kier molecular flexibility index (Phi) is 17.7. The monoisotopic (exact) mass is 957 g/mol. The summed E-state index contributed by atoms with van der Waals surface area (Å²) in [5, 5.41) is 7.41. The Bertz CT molecular complexity index is 1570. The van der Waals surface area contributed by atoms with E-state index in [1.165, 1.54) is 0 Å². The Morgan fingerprint density at radius 2 is 0.741 bits per heavy atom. The van der Waals surface area contributed by atoms with Crippen LogP contribution in [0.25, 0.3) is 0 Å². The van der Waals surface area contributed by atoms with Crippen LogP contribution < -0.4 is 0 Å². The first kappa shape index (κ1) is 54.0. The van der Waals surface area contributed by atoms with Gasteiger partial charge >= 0.3 is 72.7 Å². The molecule has 0 amide bonds. The van der Waals surface area contributed by atoms with E-state index in [1.807, 2.05) is 0 Å². The van der Waals surface area contributed by atoms with E-state index in [0.717, 1.165) is 13.8 Å². The minimum absolute atomic E-state index is 0.719. The van der Waals surface area contributed by atoms with Crippen molar-refractivity contribution in [3.63, 3.8) is 0 Å². The number of rotatable bonds is 23. The van der Waals surface area contributed by atoms with Crippen molar-refractivity contribution >= 4 is 72.7 Å². The van der Waals surface area contributed by atoms with E-state index in [-0.39, 0.29) is 0 Å². The predicted octanol–water partition coefficient (Wildman–Crippen LogP) is -2.76. The minimum Gasteiger partial charge on any atom is -0.481 e. The van der Waals surface area contributed by atoms with Crippen LogP contribution in [-0.4, -0.2) is 156 Å². The second-order valence-electron chi connectivity index (χ2n) is 11.0. The first-order valence-corrected chi connectivity index (χ1v) is 26.9. The third kappa shape index (κ3) is 11.0. The topological polar surface area (TPSA) is 545 Å². The second kappa shape index (κ2) is 17.7. The molecular weight excluding hydrogens is 918 g/mol. The van der Waals surface area contributed by atoms with Crippen molar-refractivity contribution in [1.29, 1.82) is 0 Å². The van der Waals surface area contributed by atoms with Crippen molar-refractivity contribution < 1.29 is 135 Å². The zero-order chi connectivity index (χ0) is 43.9. The summed E-state index contributed by atoms with van der Waals surface area (Å²) in [6.45, 7) is -2.63. The van der Waals surface area contributed by atoms with Gasteiger partial charge in [-0.25, -0.2) is 14.7 Å². The Morgan fingerprint density at radius 3 is 0.889 bits per heavy atom. The highest BCUT2D eigenvalue weighted by atomic mass is 31.3. The molecule has 0 aromatic heterocycles. The molecule has 0 aliphatic carbocycles. The summed E-state index contributed by atoms with van der Waals surface area (Å²) >= 11 is 0. The molecule has 31 nitrogen and oxygen atoms in total. The van der Waals surface area contributed by atoms with Crippen LogP contribution in [0.4, 0.5) is 0 Å². The van der Waals surface area contributed by atoms with E-state index in [2.05, 4.69) is 0 Å². The largest absolute Gasteiger partial charge is 0.481 e. The van der Waals surface area contributed by atoms with Gasteiger partial charge < -0.3 is 88.5 Å². The molecule has 0 unspecified atom stereocenters. The van der Waals surface area contributed by atoms with Crippen LogP contribution in [0.3, 0.4) is 0 Å². The van der Waals surface area contributed by atoms with Crippen LogP contribution in [0.2, 0.25) is 0 Å². The van der Waals surface area contributed by atoms with Crippen LogP contribution >= 0.6 is 60.8 Å². The lowest BCUT2D eigenvalue weighted by Crippen LogP contribution is -2.76. The SMILES string of the molecule is CCCN(C(P(=O)(O)O)P(=O)(O)O)C(N([C@@H](CCC(=O)O)C(=O)O)C(N(CCC)C(P(=O)(O)O)P(=O)(O)O)(P(=O)(O)O)P(=O)(O)O)(P(=O)(O)O)P(=O)(O)O. The minimum atomic E-state index is -8.02. The van der Waals surface area contributed by atoms with Crippen molar-refractivity contribution in [3.05, 3.63) is 0 Å². The van der Waals surface area contributed by atoms with Crippen molar-refractivity contribution in [2.24, 2.45) is 0 Å². The molecule has 0 spiro atoms. The molecule has 0 saturated heterocycles. The highest BCUT2D eigenvalue weighted by Crippen LogP contribution is 2.84. The molecule has 0 fully saturated rings. The van der Waals surface area contributed by atoms with Gasteiger partial charge in [-0.2, -0.15) is 0 Å². The van der Waals surface area contributed by atoms with Crippen molar-refractivity contribution in [1.82, 2.24) is 14.7 Å². The highest BCUT2D eigenvalue weighted by Gasteiger charge is 2.84. The fourth-order valence-electron chi connectivity index (χ4n) is 5.53. The molecule has 0 aliphatic rings. The van der Waals surface area contributed by atoms with Gasteiger partial charge in [0, 0.05) is 19.5 Å². The lowest BCUT2D eigenvalue weighted by atomic mass is 10.1. The van der Waals surface area contributed by atoms with Gasteiger partial charge in [0.05, 0.1) is 0 Å². The van der Waals surface area contributed by atoms with E-state index in [9.17, 15) is 135 Å². The van der Waals surface area contributed by atoms with Gasteiger partial charge in [0.2, 0.25) is 11.0 Å². The van der Waals surface area contributed by atoms with Gasteiger partial charge in [-0.1, -0.05) is 13.8 Å². The number of carboxylic acids is 2. The summed E-state index contributed by atoms with van der Waals surface area (Å²) in [6.07, 6.45) is -6.30. The molecule has 0 radical (unpaired) electrons. The lowest BCUT2D eigenvalue weighted by molar-refractivity contribution is -0.155. The molecule has 0 aliphatic heterocycles. The lowest BCUT2D eigenvalue weighted by Gasteiger charge is -2.61. The zero-order valence-electron chi connectivity index (χ0n) is 27.0. The number of nitrogens with zero attached hydrogens (tertiary/aromatic N) is 3. The molecule has 0 aromatic rings. The molecule has 39 heteroatoms. The molecular formula is C15H39N3O28P8. The summed E-state index contributed by atoms with van der Waals surface area (Å²) in [5.74, 6) is -5.37. The van der Waals surface area contributed by atoms with Gasteiger partial charge in [-0.05, 0) is 19.3 Å². The molecule has 1 atom stereocenters. The third-order valence-electron chi connectivity index (χ3n) is 6.90. The smallest absolute Gasteiger partial charge is 0.373 e. The third-order valence-corrected chi connectivity index (χ3v) is 22.2. The van der Waals surface area contributed by atoms with Crippen LogP contribution in [0, 0.1) is 0 Å². The van der Waals surface area contributed by atoms with Crippen molar-refractivity contribution in [3.8, 4) is 0 Å². The molecule has 18 N–H and O–H groups in total. The molecule has 0 bridgehead atoms. The standard InChI is InChI=1S/C15H39N3O28P8/c1-3-7-16(12(47(23,24)25)48(26,27)28)14(51(35,36)37,52(38,39)40)18(9(11(21)22)5-6-10(19)20)15(53(41,42)43,54(44,45)46)17(8-4-2)13(49(29,30)31)50(32,33)34/h9,12-13H,3-8H2,1-2H3,(H,19,20)(H,21,22)(H2,23,24,25)(H2,26,27,28)(H2,29,30,31)(H2,32,33,34)(H2,35,36,37)(H2,38,39,40)(H2,41,42,43)(H2,44,45,46)/t9-/m0/s1. The van der Waals surface area contributed by atoms with Crippen LogP contribution in [0.1, 0.15) is 39.5 Å². The molecule has 0 saturated carbocycles. The fourth-order valence-corrected chi connectivity index (χ4v) is 19.5. The first-order chi connectivity index (χ1) is 23.5. The first-order valence-electron chi connectivity index (χ1n) is 13.7. The summed E-state index contributed by atoms with van der Waals surface area (Å²) in [4.78, 5) is 187. The number of hydrogen-bond donors (Lipinski definition) is 18. The van der Waals surface area contributed by atoms with E-state index in [4.69, 9.17) is 0 Å². The molecule has 54 heavy (non-hydrogen) atoms. The summed E-state index contributed by atoms with van der Waals surface area (Å²) in [7, 11) is -60.2. The number of aliphatic carboxylic acids is 2. The maximum atomic E-state index is 13.8. The Balaban J connectivity index is 10.7. The van der Waals surface area contributed by atoms with Crippen molar-refractivity contribution in [2.45, 2.75) is 66.9 Å². The van der Waals surface area contributed by atoms with Crippen molar-refractivity contribution in [2.75, 3.05) is 13.1 Å². The van der Waals surface area contributed by atoms with Gasteiger partial charge in [0.25, 0.3) is 10.3 Å². The summed E-state index contributed by atoms with van der Waals surface area (Å²) < 4.78 is 106. The number of carbonyl (C=O) groups is 2. The van der Waals surface area contributed by atoms with Gasteiger partial charge in [0.1, 0.15) is 6.04 Å². The molecule has 322 valence electrons. The Labute approximate surface area is 301 Å². The Hall–Kier alpha value is 0.0200. The van der Waals surface area contributed by atoms with Crippen LogP contribution in [-0.2, 0) is 46.1 Å². The molecule has 0 rings (SSSR count). The normalized spacial score (nSPS) is 15.8. The summed E-state index contributed by atoms with van der Waals surface area (Å²) in [6, 6.07) is -4.11. The highest BCUT2D eigenvalue weighted by molar-refractivity contribution is 7.75. The van der Waals surface area contributed by atoms with E-state index >= 15 is 0 Å². The fraction of sp³-hybridized carbons (Fsp3) is 0.867. The number of carboxylic acid groups (broad SMARTS) is 2. The average molecular weight is 957 g/mol. The maximum Gasteiger partial charge on any atom is 0.373 e. The number of hydrogen-bond acceptors (Lipinski definition) is 13. The maximum absolute atomic E-state index is 13.8. The van der Waals surface area contributed by atoms with Gasteiger partial charge in [-0.15, -0.1) is 0 Å². The predicted molar refractivity (Wildman–Crippen MR) is 174 cm³/mol. The quantitative estimate of drug-likeness (QED) is 0.0364. The van der Waals surface area contributed by atoms with Gasteiger partial charge in [-0.3, -0.25) is 46.1 Å². The zero-order valence-corrected chi connectivity index (χ0v) is 34.2. The average Bonchev–Trinajstić information content (AvgIpc) is 2.82. The Morgan fingerprint density at radius 1 is 0.500 bits per heavy atom. The van der Waals surface area contributed by atoms with Gasteiger partial charge in [0.15, 0.2) is 0 Å². The molecule has 0 heterocycles. The van der Waals surface area contributed by atoms with E-state index < -0.39 is 154 Å². The summed E-state index contributed by atoms with van der Waals surface area (Å²) in [5.41, 5.74) is -8.90. The van der Waals surface area contributed by atoms with E-state index in [1.54, 1.807) is 0 Å². The second-order valence-corrected chi connectivity index (χ2v) is 26.0. The van der Waals surface area contributed by atoms with E-state index in [0.29, 0.717) is 0 Å².